The average Bonchev–Trinajstić information content (AvgIpc) is 3.65. The van der Waals surface area contributed by atoms with Crippen molar-refractivity contribution in [2.24, 2.45) is 0 Å². The summed E-state index contributed by atoms with van der Waals surface area (Å²) >= 11 is 0. The lowest BCUT2D eigenvalue weighted by Crippen LogP contribution is -2.35. The Hall–Kier alpha value is -5.26. The van der Waals surface area contributed by atoms with Gasteiger partial charge in [-0.15, -0.1) is 0 Å². The number of nitrogens with zero attached hydrogens (tertiary/aromatic N) is 6. The summed E-state index contributed by atoms with van der Waals surface area (Å²) in [5.74, 6) is 1.25. The fourth-order valence-corrected chi connectivity index (χ4v) is 4.75. The number of likely N-dealkylation sites (N-methyl/N-ethyl adjacent to an activating group) is 2. The van der Waals surface area contributed by atoms with E-state index in [2.05, 4.69) is 10.3 Å². The van der Waals surface area contributed by atoms with Crippen molar-refractivity contribution in [3.05, 3.63) is 101 Å². The summed E-state index contributed by atoms with van der Waals surface area (Å²) in [6.07, 6.45) is 1.66. The summed E-state index contributed by atoms with van der Waals surface area (Å²) in [7, 11) is 3.49. The summed E-state index contributed by atoms with van der Waals surface area (Å²) in [5.41, 5.74) is 3.13. The number of anilines is 2. The van der Waals surface area contributed by atoms with Crippen LogP contribution in [0, 0.1) is 11.6 Å². The molecule has 1 amide bonds. The van der Waals surface area contributed by atoms with Crippen molar-refractivity contribution in [1.29, 1.82) is 0 Å². The van der Waals surface area contributed by atoms with Crippen molar-refractivity contribution >= 4 is 28.8 Å². The van der Waals surface area contributed by atoms with Gasteiger partial charge in [0.15, 0.2) is 28.5 Å². The summed E-state index contributed by atoms with van der Waals surface area (Å²) in [5, 5.41) is 3.38. The lowest BCUT2D eigenvalue weighted by Gasteiger charge is -2.23. The van der Waals surface area contributed by atoms with Crippen molar-refractivity contribution in [3.8, 4) is 11.5 Å². The van der Waals surface area contributed by atoms with Crippen LogP contribution in [0.1, 0.15) is 21.5 Å². The van der Waals surface area contributed by atoms with Gasteiger partial charge in [-0.05, 0) is 53.6 Å². The maximum absolute atomic E-state index is 13.9. The van der Waals surface area contributed by atoms with Crippen LogP contribution in [0.25, 0.3) is 11.2 Å². The highest BCUT2D eigenvalue weighted by Gasteiger charge is 2.19. The maximum atomic E-state index is 13.9. The standard InChI is InChI=1S/C31H29F2N7O3/c1-38(30(41)22-6-4-8-24(33)15-22)11-12-39(2)31-36-28(34-16-20-9-10-25-26(14-20)43-19-42-25)27-29(37-31)40(18-35-27)17-21-5-3-7-23(32)13-21/h3-10,13-15,18H,11-12,16-17,19H2,1-2H3,(H,34,36,37). The molecule has 0 unspecified atom stereocenters. The lowest BCUT2D eigenvalue weighted by atomic mass is 10.2. The van der Waals surface area contributed by atoms with Crippen LogP contribution < -0.4 is 19.7 Å². The van der Waals surface area contributed by atoms with E-state index in [-0.39, 0.29) is 24.1 Å². The number of amides is 1. The maximum Gasteiger partial charge on any atom is 0.253 e. The molecule has 0 spiro atoms. The first-order valence-electron chi connectivity index (χ1n) is 13.7. The third kappa shape index (κ3) is 6.17. The van der Waals surface area contributed by atoms with Gasteiger partial charge in [0, 0.05) is 39.3 Å². The molecule has 3 aromatic carbocycles. The number of ether oxygens (including phenoxy) is 2. The Morgan fingerprint density at radius 3 is 2.53 bits per heavy atom. The zero-order chi connectivity index (χ0) is 29.9. The Bertz CT molecular complexity index is 1800. The van der Waals surface area contributed by atoms with Gasteiger partial charge >= 0.3 is 0 Å². The molecule has 0 saturated heterocycles. The zero-order valence-corrected chi connectivity index (χ0v) is 23.6. The number of nitrogens with one attached hydrogen (secondary N) is 1. The van der Waals surface area contributed by atoms with E-state index in [1.807, 2.05) is 40.8 Å². The Balaban J connectivity index is 1.25. The lowest BCUT2D eigenvalue weighted by molar-refractivity contribution is 0.0798. The first-order valence-corrected chi connectivity index (χ1v) is 13.7. The predicted octanol–water partition coefficient (Wildman–Crippen LogP) is 4.70. The highest BCUT2D eigenvalue weighted by atomic mass is 19.1. The molecule has 5 aromatic rings. The van der Waals surface area contributed by atoms with Crippen molar-refractivity contribution < 1.29 is 23.0 Å². The van der Waals surface area contributed by atoms with Gasteiger partial charge < -0.3 is 29.2 Å². The number of aromatic nitrogens is 4. The van der Waals surface area contributed by atoms with E-state index < -0.39 is 5.82 Å². The molecule has 0 atom stereocenters. The van der Waals surface area contributed by atoms with Crippen LogP contribution in [-0.4, -0.2) is 64.3 Å². The first kappa shape index (κ1) is 27.9. The Morgan fingerprint density at radius 1 is 0.930 bits per heavy atom. The van der Waals surface area contributed by atoms with Crippen LogP contribution in [0.4, 0.5) is 20.5 Å². The van der Waals surface area contributed by atoms with Gasteiger partial charge in [-0.2, -0.15) is 9.97 Å². The molecule has 0 fully saturated rings. The van der Waals surface area contributed by atoms with Gasteiger partial charge in [-0.1, -0.05) is 24.3 Å². The first-order chi connectivity index (χ1) is 20.8. The van der Waals surface area contributed by atoms with Gasteiger partial charge in [0.05, 0.1) is 12.9 Å². The van der Waals surface area contributed by atoms with E-state index in [0.29, 0.717) is 60.6 Å². The van der Waals surface area contributed by atoms with E-state index in [9.17, 15) is 13.6 Å². The number of fused-ring (bicyclic) bond motifs is 2. The minimum atomic E-state index is -0.464. The molecule has 43 heavy (non-hydrogen) atoms. The van der Waals surface area contributed by atoms with Crippen molar-refractivity contribution in [2.75, 3.05) is 44.2 Å². The molecule has 0 radical (unpaired) electrons. The molecular formula is C31H29F2N7O3. The number of hydrogen-bond acceptors (Lipinski definition) is 8. The smallest absolute Gasteiger partial charge is 0.253 e. The molecule has 1 aliphatic rings. The molecule has 2 aromatic heterocycles. The number of halogens is 2. The van der Waals surface area contributed by atoms with Crippen molar-refractivity contribution in [3.63, 3.8) is 0 Å². The van der Waals surface area contributed by atoms with Crippen molar-refractivity contribution in [1.82, 2.24) is 24.4 Å². The van der Waals surface area contributed by atoms with E-state index >= 15 is 0 Å². The van der Waals surface area contributed by atoms with Crippen LogP contribution >= 0.6 is 0 Å². The fraction of sp³-hybridized carbons (Fsp3) is 0.226. The number of benzene rings is 3. The molecule has 3 heterocycles. The van der Waals surface area contributed by atoms with Crippen LogP contribution in [0.3, 0.4) is 0 Å². The second kappa shape index (κ2) is 11.9. The molecule has 6 rings (SSSR count). The van der Waals surface area contributed by atoms with E-state index in [1.54, 1.807) is 25.5 Å². The summed E-state index contributed by atoms with van der Waals surface area (Å²) in [6.45, 7) is 1.74. The normalized spacial score (nSPS) is 12.0. The largest absolute Gasteiger partial charge is 0.454 e. The second-order valence-corrected chi connectivity index (χ2v) is 10.2. The van der Waals surface area contributed by atoms with Gasteiger partial charge in [-0.3, -0.25) is 4.79 Å². The Kier molecular flexibility index (Phi) is 7.73. The quantitative estimate of drug-likeness (QED) is 0.252. The third-order valence-corrected chi connectivity index (χ3v) is 7.12. The summed E-state index contributed by atoms with van der Waals surface area (Å²) in [4.78, 5) is 30.3. The van der Waals surface area contributed by atoms with Gasteiger partial charge in [0.2, 0.25) is 12.7 Å². The van der Waals surface area contributed by atoms with Crippen molar-refractivity contribution in [2.45, 2.75) is 13.1 Å². The molecular weight excluding hydrogens is 556 g/mol. The Labute approximate surface area is 246 Å². The van der Waals surface area contributed by atoms with Crippen LogP contribution in [0.5, 0.6) is 11.5 Å². The molecule has 12 heteroatoms. The highest BCUT2D eigenvalue weighted by molar-refractivity contribution is 5.94. The fourth-order valence-electron chi connectivity index (χ4n) is 4.75. The average molecular weight is 586 g/mol. The molecule has 10 nitrogen and oxygen atoms in total. The molecule has 0 bridgehead atoms. The van der Waals surface area contributed by atoms with E-state index in [1.165, 1.54) is 35.2 Å². The van der Waals surface area contributed by atoms with Gasteiger partial charge in [0.1, 0.15) is 11.6 Å². The topological polar surface area (TPSA) is 97.6 Å². The second-order valence-electron chi connectivity index (χ2n) is 10.2. The number of carbonyl (C=O) groups excluding carboxylic acids is 1. The molecule has 0 aliphatic carbocycles. The zero-order valence-electron chi connectivity index (χ0n) is 23.6. The molecule has 1 aliphatic heterocycles. The van der Waals surface area contributed by atoms with Gasteiger partial charge in [0.25, 0.3) is 5.91 Å². The number of carbonyl (C=O) groups is 1. The molecule has 1 N–H and O–H groups in total. The SMILES string of the molecule is CN(CCN(C)c1nc(NCc2ccc3c(c2)OCO3)c2ncn(Cc3cccc(F)c3)c2n1)C(=O)c1cccc(F)c1. The van der Waals surface area contributed by atoms with Gasteiger partial charge in [-0.25, -0.2) is 13.8 Å². The van der Waals surface area contributed by atoms with Crippen LogP contribution in [0.15, 0.2) is 73.1 Å². The predicted molar refractivity (Wildman–Crippen MR) is 157 cm³/mol. The summed E-state index contributed by atoms with van der Waals surface area (Å²) < 4.78 is 40.3. The molecule has 0 saturated carbocycles. The van der Waals surface area contributed by atoms with Crippen LogP contribution in [-0.2, 0) is 13.1 Å². The summed E-state index contributed by atoms with van der Waals surface area (Å²) in [6, 6.07) is 17.7. The number of hydrogen-bond donors (Lipinski definition) is 1. The molecule has 220 valence electrons. The number of rotatable bonds is 10. The van der Waals surface area contributed by atoms with E-state index in [0.717, 1.165) is 11.1 Å². The van der Waals surface area contributed by atoms with Crippen LogP contribution in [0.2, 0.25) is 0 Å². The monoisotopic (exact) mass is 585 g/mol. The Morgan fingerprint density at radius 2 is 1.72 bits per heavy atom. The minimum absolute atomic E-state index is 0.195. The number of imidazole rings is 1. The minimum Gasteiger partial charge on any atom is -0.454 e. The third-order valence-electron chi connectivity index (χ3n) is 7.12. The highest BCUT2D eigenvalue weighted by Crippen LogP contribution is 2.33. The van der Waals surface area contributed by atoms with E-state index in [4.69, 9.17) is 19.4 Å².